The molecule has 0 saturated heterocycles. The molecule has 1 amide bonds. The van der Waals surface area contributed by atoms with Gasteiger partial charge in [0, 0.05) is 19.0 Å². The number of hydrogen-bond donors (Lipinski definition) is 2. The molecule has 7 nitrogen and oxygen atoms in total. The van der Waals surface area contributed by atoms with Gasteiger partial charge in [0.2, 0.25) is 5.13 Å². The van der Waals surface area contributed by atoms with Crippen LogP contribution in [0.2, 0.25) is 0 Å². The third-order valence-corrected chi connectivity index (χ3v) is 3.57. The zero-order valence-corrected chi connectivity index (χ0v) is 12.6. The Kier molecular flexibility index (Phi) is 4.94. The van der Waals surface area contributed by atoms with Gasteiger partial charge in [-0.2, -0.15) is 0 Å². The molecule has 0 fully saturated rings. The first-order chi connectivity index (χ1) is 10.1. The van der Waals surface area contributed by atoms with Gasteiger partial charge in [-0.25, -0.2) is 0 Å². The number of benzene rings is 1. The molecule has 3 N–H and O–H groups in total. The van der Waals surface area contributed by atoms with E-state index >= 15 is 0 Å². The van der Waals surface area contributed by atoms with E-state index in [1.807, 2.05) is 0 Å². The van der Waals surface area contributed by atoms with Gasteiger partial charge in [-0.3, -0.25) is 4.79 Å². The number of hydrogen-bond acceptors (Lipinski definition) is 7. The van der Waals surface area contributed by atoms with E-state index in [0.29, 0.717) is 35.2 Å². The van der Waals surface area contributed by atoms with Crippen molar-refractivity contribution in [2.75, 3.05) is 26.5 Å². The zero-order valence-electron chi connectivity index (χ0n) is 11.8. The molecule has 112 valence electrons. The van der Waals surface area contributed by atoms with E-state index in [2.05, 4.69) is 15.5 Å². The van der Waals surface area contributed by atoms with Gasteiger partial charge >= 0.3 is 0 Å². The molecule has 2 rings (SSSR count). The van der Waals surface area contributed by atoms with Crippen LogP contribution in [0.4, 0.5) is 5.13 Å². The minimum atomic E-state index is -0.216. The number of nitrogen functional groups attached to an aromatic ring is 1. The van der Waals surface area contributed by atoms with E-state index in [-0.39, 0.29) is 5.91 Å². The summed E-state index contributed by atoms with van der Waals surface area (Å²) in [5, 5.41) is 11.6. The summed E-state index contributed by atoms with van der Waals surface area (Å²) in [4.78, 5) is 12.1. The predicted molar refractivity (Wildman–Crippen MR) is 79.9 cm³/mol. The first-order valence-electron chi connectivity index (χ1n) is 6.22. The summed E-state index contributed by atoms with van der Waals surface area (Å²) in [6, 6.07) is 5.04. The Morgan fingerprint density at radius 3 is 2.76 bits per heavy atom. The molecule has 21 heavy (non-hydrogen) atoms. The minimum absolute atomic E-state index is 0.216. The maximum atomic E-state index is 12.1. The van der Waals surface area contributed by atoms with Crippen LogP contribution in [0, 0.1) is 0 Å². The first-order valence-corrected chi connectivity index (χ1v) is 7.03. The summed E-state index contributed by atoms with van der Waals surface area (Å²) in [5.74, 6) is 0.881. The van der Waals surface area contributed by atoms with Crippen molar-refractivity contribution in [3.63, 3.8) is 0 Å². The maximum Gasteiger partial charge on any atom is 0.255 e. The topological polar surface area (TPSA) is 99.4 Å². The van der Waals surface area contributed by atoms with Gasteiger partial charge in [-0.1, -0.05) is 11.3 Å². The first kappa shape index (κ1) is 15.0. The lowest BCUT2D eigenvalue weighted by Crippen LogP contribution is -2.26. The number of nitrogens with zero attached hydrogens (tertiary/aromatic N) is 2. The highest BCUT2D eigenvalue weighted by Gasteiger charge is 2.13. The molecule has 0 saturated carbocycles. The molecule has 2 aromatic rings. The fourth-order valence-electron chi connectivity index (χ4n) is 1.73. The van der Waals surface area contributed by atoms with Crippen molar-refractivity contribution >= 4 is 22.4 Å². The van der Waals surface area contributed by atoms with Crippen LogP contribution in [0.1, 0.15) is 15.4 Å². The Bertz CT molecular complexity index is 630. The van der Waals surface area contributed by atoms with Crippen LogP contribution in [0.3, 0.4) is 0 Å². The SMILES string of the molecule is COc1ccc(C(=O)NCCc2nnc(N)s2)c(OC)c1. The molecule has 1 aromatic heterocycles. The van der Waals surface area contributed by atoms with Crippen LogP contribution < -0.4 is 20.5 Å². The summed E-state index contributed by atoms with van der Waals surface area (Å²) in [6.07, 6.45) is 0.582. The lowest BCUT2D eigenvalue weighted by molar-refractivity contribution is 0.0951. The second kappa shape index (κ2) is 6.89. The lowest BCUT2D eigenvalue weighted by Gasteiger charge is -2.10. The highest BCUT2D eigenvalue weighted by Crippen LogP contribution is 2.24. The highest BCUT2D eigenvalue weighted by atomic mass is 32.1. The predicted octanol–water partition coefficient (Wildman–Crippen LogP) is 1.11. The van der Waals surface area contributed by atoms with Crippen LogP contribution in [0.15, 0.2) is 18.2 Å². The van der Waals surface area contributed by atoms with Crippen LogP contribution >= 0.6 is 11.3 Å². The van der Waals surface area contributed by atoms with E-state index in [1.165, 1.54) is 18.4 Å². The Hall–Kier alpha value is -2.35. The summed E-state index contributed by atoms with van der Waals surface area (Å²) < 4.78 is 10.3. The number of methoxy groups -OCH3 is 2. The quantitative estimate of drug-likeness (QED) is 0.829. The van der Waals surface area contributed by atoms with Crippen molar-refractivity contribution in [3.8, 4) is 11.5 Å². The molecule has 0 radical (unpaired) electrons. The zero-order chi connectivity index (χ0) is 15.2. The molecule has 0 spiro atoms. The van der Waals surface area contributed by atoms with Crippen LogP contribution in [0.25, 0.3) is 0 Å². The molecule has 8 heteroatoms. The van der Waals surface area contributed by atoms with Crippen molar-refractivity contribution in [1.29, 1.82) is 0 Å². The standard InChI is InChI=1S/C13H16N4O3S/c1-19-8-3-4-9(10(7-8)20-2)12(18)15-6-5-11-16-17-13(14)21-11/h3-4,7H,5-6H2,1-2H3,(H2,14,17)(H,15,18). The van der Waals surface area contributed by atoms with Crippen molar-refractivity contribution in [2.45, 2.75) is 6.42 Å². The Morgan fingerprint density at radius 1 is 1.33 bits per heavy atom. The molecule has 0 atom stereocenters. The molecular weight excluding hydrogens is 292 g/mol. The van der Waals surface area contributed by atoms with Gasteiger partial charge in [0.25, 0.3) is 5.91 Å². The molecule has 0 unspecified atom stereocenters. The van der Waals surface area contributed by atoms with Gasteiger partial charge in [0.15, 0.2) is 0 Å². The second-order valence-electron chi connectivity index (χ2n) is 4.11. The maximum absolute atomic E-state index is 12.1. The third kappa shape index (κ3) is 3.82. The summed E-state index contributed by atoms with van der Waals surface area (Å²) in [7, 11) is 3.07. The lowest BCUT2D eigenvalue weighted by atomic mass is 10.1. The fourth-order valence-corrected chi connectivity index (χ4v) is 2.34. The number of rotatable bonds is 6. The highest BCUT2D eigenvalue weighted by molar-refractivity contribution is 7.15. The normalized spacial score (nSPS) is 10.2. The molecular formula is C13H16N4O3S. The average molecular weight is 308 g/mol. The summed E-state index contributed by atoms with van der Waals surface area (Å²) in [5.41, 5.74) is 5.95. The third-order valence-electron chi connectivity index (χ3n) is 2.76. The monoisotopic (exact) mass is 308 g/mol. The second-order valence-corrected chi connectivity index (χ2v) is 5.20. The molecule has 0 aliphatic rings. The van der Waals surface area contributed by atoms with E-state index in [9.17, 15) is 4.79 Å². The van der Waals surface area contributed by atoms with E-state index in [1.54, 1.807) is 25.3 Å². The van der Waals surface area contributed by atoms with Crippen LogP contribution in [0.5, 0.6) is 11.5 Å². The van der Waals surface area contributed by atoms with E-state index < -0.39 is 0 Å². The van der Waals surface area contributed by atoms with Gasteiger partial charge < -0.3 is 20.5 Å². The number of carbonyl (C=O) groups excluding carboxylic acids is 1. The molecule has 1 heterocycles. The van der Waals surface area contributed by atoms with Gasteiger partial charge in [-0.05, 0) is 12.1 Å². The van der Waals surface area contributed by atoms with E-state index in [4.69, 9.17) is 15.2 Å². The van der Waals surface area contributed by atoms with Gasteiger partial charge in [0.05, 0.1) is 19.8 Å². The number of carbonyl (C=O) groups is 1. The van der Waals surface area contributed by atoms with Crippen LogP contribution in [-0.4, -0.2) is 36.9 Å². The average Bonchev–Trinajstić information content (AvgIpc) is 2.91. The molecule has 0 aliphatic carbocycles. The molecule has 0 bridgehead atoms. The number of nitrogens with two attached hydrogens (primary N) is 1. The number of aromatic nitrogens is 2. The van der Waals surface area contributed by atoms with Crippen molar-refractivity contribution in [2.24, 2.45) is 0 Å². The Morgan fingerprint density at radius 2 is 2.14 bits per heavy atom. The number of ether oxygens (including phenoxy) is 2. The largest absolute Gasteiger partial charge is 0.497 e. The molecule has 0 aliphatic heterocycles. The summed E-state index contributed by atoms with van der Waals surface area (Å²) >= 11 is 1.31. The number of anilines is 1. The Balaban J connectivity index is 1.96. The van der Waals surface area contributed by atoms with Crippen molar-refractivity contribution < 1.29 is 14.3 Å². The summed E-state index contributed by atoms with van der Waals surface area (Å²) in [6.45, 7) is 0.447. The van der Waals surface area contributed by atoms with E-state index in [0.717, 1.165) is 5.01 Å². The fraction of sp³-hybridized carbons (Fsp3) is 0.308. The number of nitrogens with one attached hydrogen (secondary N) is 1. The Labute approximate surface area is 126 Å². The minimum Gasteiger partial charge on any atom is -0.497 e. The smallest absolute Gasteiger partial charge is 0.255 e. The van der Waals surface area contributed by atoms with Gasteiger partial charge in [0.1, 0.15) is 16.5 Å². The van der Waals surface area contributed by atoms with Crippen molar-refractivity contribution in [1.82, 2.24) is 15.5 Å². The van der Waals surface area contributed by atoms with Crippen molar-refractivity contribution in [3.05, 3.63) is 28.8 Å². The van der Waals surface area contributed by atoms with Crippen LogP contribution in [-0.2, 0) is 6.42 Å². The molecule has 1 aromatic carbocycles. The number of amides is 1. The van der Waals surface area contributed by atoms with Gasteiger partial charge in [-0.15, -0.1) is 10.2 Å².